The van der Waals surface area contributed by atoms with E-state index in [4.69, 9.17) is 47.6 Å². The summed E-state index contributed by atoms with van der Waals surface area (Å²) in [5, 5.41) is 31.0. The van der Waals surface area contributed by atoms with Gasteiger partial charge in [-0.2, -0.15) is 0 Å². The molecule has 250 valence electrons. The van der Waals surface area contributed by atoms with Crippen LogP contribution in [0.4, 0.5) is 5.13 Å². The second-order valence-corrected chi connectivity index (χ2v) is 13.1. The third-order valence-corrected chi connectivity index (χ3v) is 9.94. The Bertz CT molecular complexity index is 2000. The number of aromatic nitrogens is 3. The fourth-order valence-corrected chi connectivity index (χ4v) is 7.76. The molecule has 1 fully saturated rings. The molecule has 19 heteroatoms. The van der Waals surface area contributed by atoms with Crippen LogP contribution in [0.15, 0.2) is 63.9 Å². The van der Waals surface area contributed by atoms with Crippen molar-refractivity contribution in [1.29, 1.82) is 5.41 Å². The van der Waals surface area contributed by atoms with Gasteiger partial charge < -0.3 is 40.3 Å². The van der Waals surface area contributed by atoms with Gasteiger partial charge in [0, 0.05) is 30.0 Å². The molecular formula is C29H27ClN8O8S2. The highest BCUT2D eigenvalue weighted by molar-refractivity contribution is 8.00. The number of aliphatic carboxylic acids is 1. The number of fused-ring (bicyclic) bond motifs is 2. The highest BCUT2D eigenvalue weighted by Crippen LogP contribution is 2.45. The van der Waals surface area contributed by atoms with Crippen molar-refractivity contribution in [3.63, 3.8) is 0 Å². The van der Waals surface area contributed by atoms with Crippen LogP contribution < -0.4 is 21.1 Å². The molecule has 6 heterocycles. The first kappa shape index (κ1) is 34.1. The lowest BCUT2D eigenvalue weighted by atomic mass is 9.89. The Kier molecular flexibility index (Phi) is 10.2. The summed E-state index contributed by atoms with van der Waals surface area (Å²) in [7, 11) is 1.26. The number of oxime groups is 1. The molecule has 4 aromatic heterocycles. The number of carboxylic acids is 1. The minimum Gasteiger partial charge on any atom is -0.543 e. The zero-order valence-electron chi connectivity index (χ0n) is 25.0. The second kappa shape index (κ2) is 14.3. The number of nitrogens with zero attached hydrogens (tertiary/aromatic N) is 5. The Balaban J connectivity index is 0.00000145. The predicted molar refractivity (Wildman–Crippen MR) is 173 cm³/mol. The molecule has 2 aliphatic rings. The van der Waals surface area contributed by atoms with E-state index in [1.165, 1.54) is 30.0 Å². The van der Waals surface area contributed by atoms with Crippen molar-refractivity contribution in [2.75, 3.05) is 18.6 Å². The number of amidine groups is 1. The highest BCUT2D eigenvalue weighted by atomic mass is 35.5. The zero-order valence-corrected chi connectivity index (χ0v) is 27.4. The van der Waals surface area contributed by atoms with Crippen molar-refractivity contribution < 1.29 is 43.2 Å². The van der Waals surface area contributed by atoms with Crippen LogP contribution in [0.5, 0.6) is 0 Å². The van der Waals surface area contributed by atoms with Gasteiger partial charge in [-0.25, -0.2) is 9.55 Å². The molecule has 0 bridgehead atoms. The molecule has 0 saturated carbocycles. The second-order valence-electron chi connectivity index (χ2n) is 10.4. The Morgan fingerprint density at radius 2 is 2.15 bits per heavy atom. The molecule has 6 N–H and O–H groups in total. The molecule has 48 heavy (non-hydrogen) atoms. The smallest absolute Gasteiger partial charge is 0.290 e. The van der Waals surface area contributed by atoms with E-state index in [1.54, 1.807) is 6.07 Å². The number of carbonyl (C=O) groups is 4. The highest BCUT2D eigenvalue weighted by Gasteiger charge is 2.53. The molecule has 0 radical (unpaired) electrons. The normalized spacial score (nSPS) is 17.3. The number of halogens is 1. The van der Waals surface area contributed by atoms with Crippen LogP contribution in [0.3, 0.4) is 0 Å². The summed E-state index contributed by atoms with van der Waals surface area (Å²) in [6.07, 6.45) is 6.81. The summed E-state index contributed by atoms with van der Waals surface area (Å²) in [6, 6.07) is 5.55. The number of hydrogen-bond donors (Lipinski definition) is 4. The summed E-state index contributed by atoms with van der Waals surface area (Å²) in [5.74, 6) is -2.38. The van der Waals surface area contributed by atoms with Gasteiger partial charge in [0.25, 0.3) is 6.47 Å². The van der Waals surface area contributed by atoms with E-state index in [1.807, 2.05) is 39.9 Å². The minimum atomic E-state index is -1.46. The molecule has 2 atom stereocenters. The molecule has 0 aliphatic carbocycles. The van der Waals surface area contributed by atoms with Gasteiger partial charge in [-0.1, -0.05) is 28.1 Å². The number of thioether (sulfide) groups is 1. The lowest BCUT2D eigenvalue weighted by Gasteiger charge is -2.50. The Morgan fingerprint density at radius 1 is 1.40 bits per heavy atom. The summed E-state index contributed by atoms with van der Waals surface area (Å²) in [4.78, 5) is 57.2. The average molecular weight is 715 g/mol. The number of hydrogen-bond acceptors (Lipinski definition) is 13. The third-order valence-electron chi connectivity index (χ3n) is 7.46. The third kappa shape index (κ3) is 6.76. The maximum atomic E-state index is 13.3. The number of furan rings is 1. The molecule has 0 aromatic carbocycles. The van der Waals surface area contributed by atoms with Gasteiger partial charge in [0.05, 0.1) is 46.0 Å². The van der Waals surface area contributed by atoms with Crippen molar-refractivity contribution in [2.45, 2.75) is 24.9 Å². The number of rotatable bonds is 11. The first-order valence-corrected chi connectivity index (χ1v) is 16.1. The standard InChI is InChI=1S/C28H25ClN8O6S2.CH2O2/c1-42-34-20(21-23(29)45-28(32)33-21)19(38)7-17-25(39)37-22(27(40)41)15(12-44-26(17)37)9-35-4-3-18-13(8-35)2-5-36(18)10-16-6-14(11-43-16)24(30)31;2-1-3/h2-6,8,11,17,26H,7,9-10,12H2,1H3,(H5-,30,31,32,33,40,41);1H,(H,2,3)/b34-20+;/t17-,26-;/m1./s1. The van der Waals surface area contributed by atoms with Crippen molar-refractivity contribution in [2.24, 2.45) is 16.8 Å². The van der Waals surface area contributed by atoms with Crippen LogP contribution in [0.25, 0.3) is 10.9 Å². The topological polar surface area (TPSA) is 247 Å². The molecule has 2 aliphatic heterocycles. The summed E-state index contributed by atoms with van der Waals surface area (Å²) < 4.78 is 9.51. The SMILES string of the molecule is CO/N=C(\C(=O)C[C@@H]1C(=O)N2C(C(=O)[O-])=C(C[n+]3ccc4c(ccn4Cc4cc(C(=N)N)co4)c3)CS[C@H]12)c1nc(N)sc1Cl.O=CO. The van der Waals surface area contributed by atoms with Crippen LogP contribution in [0, 0.1) is 11.3 Å². The predicted octanol–water partition coefficient (Wildman–Crippen LogP) is 0.792. The number of nitrogen functional groups attached to an aromatic ring is 2. The number of Topliss-reactive ketones (excluding diaryl/α,β-unsaturated/α-hetero) is 1. The van der Waals surface area contributed by atoms with Crippen LogP contribution in [-0.4, -0.2) is 73.5 Å². The van der Waals surface area contributed by atoms with Crippen LogP contribution >= 0.6 is 34.7 Å². The van der Waals surface area contributed by atoms with E-state index in [0.29, 0.717) is 29.2 Å². The number of amides is 1. The maximum absolute atomic E-state index is 13.3. The Hall–Kier alpha value is -5.20. The van der Waals surface area contributed by atoms with E-state index < -0.39 is 29.0 Å². The molecule has 0 unspecified atom stereocenters. The number of nitrogens with one attached hydrogen (secondary N) is 1. The molecule has 16 nitrogen and oxygen atoms in total. The zero-order chi connectivity index (χ0) is 34.7. The van der Waals surface area contributed by atoms with Crippen LogP contribution in [-0.2, 0) is 37.1 Å². The van der Waals surface area contributed by atoms with E-state index in [2.05, 4.69) is 10.1 Å². The first-order valence-electron chi connectivity index (χ1n) is 13.9. The summed E-state index contributed by atoms with van der Waals surface area (Å²) in [5.41, 5.74) is 12.9. The van der Waals surface area contributed by atoms with Crippen molar-refractivity contribution in [3.8, 4) is 0 Å². The molecule has 0 spiro atoms. The first-order chi connectivity index (χ1) is 23.0. The number of nitrogens with two attached hydrogens (primary N) is 2. The lowest BCUT2D eigenvalue weighted by molar-refractivity contribution is -0.687. The van der Waals surface area contributed by atoms with Gasteiger partial charge in [0.15, 0.2) is 35.6 Å². The van der Waals surface area contributed by atoms with E-state index >= 15 is 0 Å². The molecule has 4 aromatic rings. The summed E-state index contributed by atoms with van der Waals surface area (Å²) in [6.45, 7) is 0.398. The van der Waals surface area contributed by atoms with Gasteiger partial charge in [0.2, 0.25) is 5.91 Å². The quantitative estimate of drug-likeness (QED) is 0.0421. The molecular weight excluding hydrogens is 688 g/mol. The number of anilines is 1. The number of ketones is 1. The number of β-lactam (4-membered cyclic amide) rings is 1. The number of pyridine rings is 1. The van der Waals surface area contributed by atoms with Gasteiger partial charge >= 0.3 is 0 Å². The summed E-state index contributed by atoms with van der Waals surface area (Å²) >= 11 is 8.52. The number of thiazole rings is 1. The minimum absolute atomic E-state index is 0.0657. The van der Waals surface area contributed by atoms with Crippen LogP contribution in [0.2, 0.25) is 4.34 Å². The lowest BCUT2D eigenvalue weighted by Crippen LogP contribution is -2.63. The van der Waals surface area contributed by atoms with Gasteiger partial charge in [0.1, 0.15) is 35.0 Å². The fourth-order valence-electron chi connectivity index (χ4n) is 5.43. The number of carboxylic acid groups (broad SMARTS) is 2. The number of carbonyl (C=O) groups excluding carboxylic acids is 3. The van der Waals surface area contributed by atoms with Crippen LogP contribution in [0.1, 0.15) is 23.4 Å². The van der Waals surface area contributed by atoms with Crippen molar-refractivity contribution >= 4 is 86.4 Å². The van der Waals surface area contributed by atoms with E-state index in [9.17, 15) is 19.5 Å². The average Bonchev–Trinajstić information content (AvgIpc) is 3.77. The van der Waals surface area contributed by atoms with Crippen molar-refractivity contribution in [3.05, 3.63) is 75.7 Å². The maximum Gasteiger partial charge on any atom is 0.290 e. The molecule has 1 amide bonds. The van der Waals surface area contributed by atoms with Gasteiger partial charge in [-0.15, -0.1) is 11.8 Å². The molecule has 6 rings (SSSR count). The monoisotopic (exact) mass is 714 g/mol. The fraction of sp³-hybridized carbons (Fsp3) is 0.241. The van der Waals surface area contributed by atoms with E-state index in [-0.39, 0.29) is 51.8 Å². The Labute approximate surface area is 284 Å². The van der Waals surface area contributed by atoms with Gasteiger partial charge in [-0.05, 0) is 12.1 Å². The Morgan fingerprint density at radius 3 is 2.77 bits per heavy atom. The van der Waals surface area contributed by atoms with E-state index in [0.717, 1.165) is 22.2 Å². The largest absolute Gasteiger partial charge is 0.543 e. The van der Waals surface area contributed by atoms with Crippen molar-refractivity contribution in [1.82, 2.24) is 14.5 Å². The van der Waals surface area contributed by atoms with Gasteiger partial charge in [-0.3, -0.25) is 24.7 Å². The molecule has 1 saturated heterocycles.